The first-order chi connectivity index (χ1) is 14.6. The summed E-state index contributed by atoms with van der Waals surface area (Å²) in [5.41, 5.74) is 3.43. The maximum atomic E-state index is 10.5. The average Bonchev–Trinajstić information content (AvgIpc) is 3.20. The van der Waals surface area contributed by atoms with Crippen molar-refractivity contribution >= 4 is 10.9 Å². The molecule has 1 fully saturated rings. The molecular formula is C25H32N2O3. The molecule has 30 heavy (non-hydrogen) atoms. The van der Waals surface area contributed by atoms with Crippen LogP contribution in [-0.2, 0) is 0 Å². The second-order valence-corrected chi connectivity index (χ2v) is 8.54. The molecule has 1 aromatic heterocycles. The SMILES string of the molecule is Cc1cccc(OCC2CCN(CC(O)COc3cc(C)cc4[nH]ccc34)CC2)c1. The Hall–Kier alpha value is -2.50. The maximum absolute atomic E-state index is 10.5. The Bertz CT molecular complexity index is 960. The van der Waals surface area contributed by atoms with E-state index in [0.717, 1.165) is 60.5 Å². The fourth-order valence-corrected chi connectivity index (χ4v) is 4.18. The van der Waals surface area contributed by atoms with Crippen LogP contribution in [0.15, 0.2) is 48.7 Å². The Labute approximate surface area is 178 Å². The number of ether oxygens (including phenoxy) is 2. The Kier molecular flexibility index (Phi) is 6.60. The van der Waals surface area contributed by atoms with Crippen molar-refractivity contribution in [3.8, 4) is 11.5 Å². The minimum Gasteiger partial charge on any atom is -0.493 e. The number of fused-ring (bicyclic) bond motifs is 1. The number of aromatic nitrogens is 1. The van der Waals surface area contributed by atoms with E-state index < -0.39 is 6.10 Å². The lowest BCUT2D eigenvalue weighted by atomic mass is 9.97. The molecule has 1 unspecified atom stereocenters. The number of aryl methyl sites for hydroxylation is 2. The van der Waals surface area contributed by atoms with E-state index in [2.05, 4.69) is 41.9 Å². The lowest BCUT2D eigenvalue weighted by Crippen LogP contribution is -2.41. The number of H-pyrrole nitrogens is 1. The van der Waals surface area contributed by atoms with E-state index in [-0.39, 0.29) is 0 Å². The van der Waals surface area contributed by atoms with Crippen molar-refractivity contribution in [1.29, 1.82) is 0 Å². The van der Waals surface area contributed by atoms with E-state index in [0.29, 0.717) is 19.1 Å². The molecule has 0 spiro atoms. The summed E-state index contributed by atoms with van der Waals surface area (Å²) in [6.07, 6.45) is 3.61. The summed E-state index contributed by atoms with van der Waals surface area (Å²) in [6.45, 7) is 7.84. The van der Waals surface area contributed by atoms with Gasteiger partial charge in [-0.25, -0.2) is 0 Å². The van der Waals surface area contributed by atoms with Gasteiger partial charge in [0, 0.05) is 23.6 Å². The van der Waals surface area contributed by atoms with Crippen LogP contribution in [0, 0.1) is 19.8 Å². The number of aromatic amines is 1. The largest absolute Gasteiger partial charge is 0.493 e. The summed E-state index contributed by atoms with van der Waals surface area (Å²) < 4.78 is 11.9. The molecule has 0 saturated carbocycles. The van der Waals surface area contributed by atoms with Crippen LogP contribution in [0.1, 0.15) is 24.0 Å². The third-order valence-corrected chi connectivity index (χ3v) is 5.86. The van der Waals surface area contributed by atoms with Crippen molar-refractivity contribution in [1.82, 2.24) is 9.88 Å². The first kappa shape index (κ1) is 20.8. The number of likely N-dealkylation sites (tertiary alicyclic amines) is 1. The van der Waals surface area contributed by atoms with E-state index in [1.165, 1.54) is 5.56 Å². The molecule has 2 N–H and O–H groups in total. The van der Waals surface area contributed by atoms with Gasteiger partial charge in [0.05, 0.1) is 6.61 Å². The van der Waals surface area contributed by atoms with Gasteiger partial charge in [0.25, 0.3) is 0 Å². The van der Waals surface area contributed by atoms with Crippen molar-refractivity contribution < 1.29 is 14.6 Å². The number of hydrogen-bond acceptors (Lipinski definition) is 4. The van der Waals surface area contributed by atoms with E-state index in [9.17, 15) is 5.11 Å². The lowest BCUT2D eigenvalue weighted by molar-refractivity contribution is 0.0507. The number of piperidine rings is 1. The zero-order valence-electron chi connectivity index (χ0n) is 17.9. The van der Waals surface area contributed by atoms with Gasteiger partial charge in [0.15, 0.2) is 0 Å². The number of rotatable bonds is 8. The Morgan fingerprint density at radius 1 is 1.07 bits per heavy atom. The minimum absolute atomic E-state index is 0.306. The highest BCUT2D eigenvalue weighted by molar-refractivity contribution is 5.86. The van der Waals surface area contributed by atoms with Gasteiger partial charge in [-0.15, -0.1) is 0 Å². The monoisotopic (exact) mass is 408 g/mol. The number of nitrogens with one attached hydrogen (secondary N) is 1. The van der Waals surface area contributed by atoms with E-state index in [1.54, 1.807) is 0 Å². The van der Waals surface area contributed by atoms with Crippen molar-refractivity contribution in [2.45, 2.75) is 32.8 Å². The maximum Gasteiger partial charge on any atom is 0.129 e. The number of aliphatic hydroxyl groups is 1. The lowest BCUT2D eigenvalue weighted by Gasteiger charge is -2.33. The number of β-amino-alcohol motifs (C(OH)–C–C–N with tert-alkyl or cyclic N) is 1. The second kappa shape index (κ2) is 9.54. The van der Waals surface area contributed by atoms with E-state index in [1.807, 2.05) is 30.5 Å². The standard InChI is InChI=1S/C25H32N2O3/c1-18-4-3-5-22(12-18)29-16-20-7-10-27(11-8-20)15-21(28)17-30-25-14-19(2)13-24-23(25)6-9-26-24/h3-6,9,12-14,20-21,26,28H,7-8,10-11,15-17H2,1-2H3. The molecular weight excluding hydrogens is 376 g/mol. The van der Waals surface area contributed by atoms with Crippen LogP contribution in [0.5, 0.6) is 11.5 Å². The smallest absolute Gasteiger partial charge is 0.129 e. The van der Waals surface area contributed by atoms with Crippen LogP contribution < -0.4 is 9.47 Å². The Morgan fingerprint density at radius 2 is 1.90 bits per heavy atom. The Morgan fingerprint density at radius 3 is 2.70 bits per heavy atom. The van der Waals surface area contributed by atoms with Crippen molar-refractivity contribution in [3.63, 3.8) is 0 Å². The minimum atomic E-state index is -0.500. The van der Waals surface area contributed by atoms with Crippen molar-refractivity contribution in [2.24, 2.45) is 5.92 Å². The third-order valence-electron chi connectivity index (χ3n) is 5.86. The Balaban J connectivity index is 1.19. The summed E-state index contributed by atoms with van der Waals surface area (Å²) >= 11 is 0. The average molecular weight is 409 g/mol. The molecule has 160 valence electrons. The van der Waals surface area contributed by atoms with Gasteiger partial charge in [-0.2, -0.15) is 0 Å². The van der Waals surface area contributed by atoms with Crippen LogP contribution in [0.2, 0.25) is 0 Å². The molecule has 1 aliphatic heterocycles. The van der Waals surface area contributed by atoms with Gasteiger partial charge in [-0.05, 0) is 87.2 Å². The fraction of sp³-hybridized carbons (Fsp3) is 0.440. The molecule has 4 rings (SSSR count). The number of hydrogen-bond donors (Lipinski definition) is 2. The molecule has 5 heteroatoms. The molecule has 0 amide bonds. The molecule has 3 aromatic rings. The normalized spacial score (nSPS) is 16.6. The molecule has 0 radical (unpaired) electrons. The predicted molar refractivity (Wildman–Crippen MR) is 120 cm³/mol. The van der Waals surface area contributed by atoms with Crippen LogP contribution in [0.3, 0.4) is 0 Å². The second-order valence-electron chi connectivity index (χ2n) is 8.54. The van der Waals surface area contributed by atoms with Gasteiger partial charge in [0.2, 0.25) is 0 Å². The molecule has 2 aromatic carbocycles. The van der Waals surface area contributed by atoms with Crippen LogP contribution in [0.4, 0.5) is 0 Å². The summed E-state index contributed by atoms with van der Waals surface area (Å²) in [5.74, 6) is 2.36. The zero-order chi connectivity index (χ0) is 20.9. The van der Waals surface area contributed by atoms with Gasteiger partial charge < -0.3 is 24.5 Å². The van der Waals surface area contributed by atoms with Gasteiger partial charge in [0.1, 0.15) is 24.2 Å². The third kappa shape index (κ3) is 5.35. The highest BCUT2D eigenvalue weighted by Crippen LogP contribution is 2.27. The van der Waals surface area contributed by atoms with E-state index >= 15 is 0 Å². The molecule has 2 heterocycles. The molecule has 5 nitrogen and oxygen atoms in total. The van der Waals surface area contributed by atoms with Crippen LogP contribution >= 0.6 is 0 Å². The molecule has 0 aliphatic carbocycles. The van der Waals surface area contributed by atoms with Gasteiger partial charge >= 0.3 is 0 Å². The molecule has 1 aliphatic rings. The zero-order valence-corrected chi connectivity index (χ0v) is 17.9. The first-order valence-corrected chi connectivity index (χ1v) is 10.9. The topological polar surface area (TPSA) is 57.7 Å². The summed E-state index contributed by atoms with van der Waals surface area (Å²) in [6, 6.07) is 14.4. The van der Waals surface area contributed by atoms with Gasteiger partial charge in [-0.3, -0.25) is 0 Å². The van der Waals surface area contributed by atoms with Crippen molar-refractivity contribution in [3.05, 3.63) is 59.8 Å². The number of benzene rings is 2. The van der Waals surface area contributed by atoms with E-state index in [4.69, 9.17) is 9.47 Å². The highest BCUT2D eigenvalue weighted by Gasteiger charge is 2.22. The number of aliphatic hydroxyl groups excluding tert-OH is 1. The van der Waals surface area contributed by atoms with Gasteiger partial charge in [-0.1, -0.05) is 12.1 Å². The highest BCUT2D eigenvalue weighted by atomic mass is 16.5. The number of nitrogens with zero attached hydrogens (tertiary/aromatic N) is 1. The predicted octanol–water partition coefficient (Wildman–Crippen LogP) is 4.32. The summed E-state index contributed by atoms with van der Waals surface area (Å²) in [5, 5.41) is 11.6. The molecule has 0 bridgehead atoms. The first-order valence-electron chi connectivity index (χ1n) is 10.9. The summed E-state index contributed by atoms with van der Waals surface area (Å²) in [4.78, 5) is 5.55. The van der Waals surface area contributed by atoms with Crippen LogP contribution in [0.25, 0.3) is 10.9 Å². The summed E-state index contributed by atoms with van der Waals surface area (Å²) in [7, 11) is 0. The van der Waals surface area contributed by atoms with Crippen molar-refractivity contribution in [2.75, 3.05) is 32.8 Å². The molecule has 1 saturated heterocycles. The quantitative estimate of drug-likeness (QED) is 0.583. The molecule has 1 atom stereocenters. The fourth-order valence-electron chi connectivity index (χ4n) is 4.18. The van der Waals surface area contributed by atoms with Crippen LogP contribution in [-0.4, -0.2) is 53.9 Å².